The zero-order chi connectivity index (χ0) is 18.9. The number of carbonyl (C=O) groups excluding carboxylic acids is 2. The fourth-order valence-corrected chi connectivity index (χ4v) is 2.96. The van der Waals surface area contributed by atoms with Gasteiger partial charge < -0.3 is 10.6 Å². The molecule has 7 heteroatoms. The van der Waals surface area contributed by atoms with Crippen LogP contribution in [0.25, 0.3) is 11.3 Å². The van der Waals surface area contributed by atoms with Gasteiger partial charge in [-0.25, -0.2) is 9.97 Å². The molecule has 6 nitrogen and oxygen atoms in total. The molecule has 0 aliphatic rings. The largest absolute Gasteiger partial charge is 0.354 e. The van der Waals surface area contributed by atoms with Crippen molar-refractivity contribution >= 4 is 23.6 Å². The first-order chi connectivity index (χ1) is 12.5. The first-order valence-corrected chi connectivity index (χ1v) is 9.59. The number of thioether (sulfide) groups is 1. The molecule has 0 radical (unpaired) electrons. The van der Waals surface area contributed by atoms with Crippen LogP contribution in [0.5, 0.6) is 0 Å². The lowest BCUT2D eigenvalue weighted by molar-refractivity contribution is -0.127. The molecule has 138 valence electrons. The molecule has 0 aliphatic carbocycles. The molecule has 2 rings (SSSR count). The SMILES string of the molecule is CCCNC(=O)[C@@H](C)NC(=O)CSc1nc(C)cc(-c2ccccc2)n1. The van der Waals surface area contributed by atoms with Crippen LogP contribution in [0.4, 0.5) is 0 Å². The average Bonchev–Trinajstić information content (AvgIpc) is 2.64. The fraction of sp³-hybridized carbons (Fsp3) is 0.368. The fourth-order valence-electron chi connectivity index (χ4n) is 2.24. The number of nitrogens with zero attached hydrogens (tertiary/aromatic N) is 2. The van der Waals surface area contributed by atoms with Gasteiger partial charge in [-0.2, -0.15) is 0 Å². The van der Waals surface area contributed by atoms with Crippen LogP contribution in [-0.4, -0.2) is 40.1 Å². The van der Waals surface area contributed by atoms with E-state index in [0.29, 0.717) is 11.7 Å². The summed E-state index contributed by atoms with van der Waals surface area (Å²) in [6, 6.07) is 11.2. The Morgan fingerprint density at radius 1 is 1.19 bits per heavy atom. The minimum absolute atomic E-state index is 0.156. The summed E-state index contributed by atoms with van der Waals surface area (Å²) in [4.78, 5) is 32.8. The standard InChI is InChI=1S/C19H24N4O2S/c1-4-10-20-18(25)14(3)22-17(24)12-26-19-21-13(2)11-16(23-19)15-8-6-5-7-9-15/h5-9,11,14H,4,10,12H2,1-3H3,(H,20,25)(H,22,24)/t14-/m1/s1. The first kappa shape index (κ1) is 19.9. The van der Waals surface area contributed by atoms with Gasteiger partial charge in [0.25, 0.3) is 0 Å². The van der Waals surface area contributed by atoms with E-state index in [-0.39, 0.29) is 17.6 Å². The summed E-state index contributed by atoms with van der Waals surface area (Å²) < 4.78 is 0. The maximum Gasteiger partial charge on any atom is 0.242 e. The van der Waals surface area contributed by atoms with Crippen LogP contribution in [0.2, 0.25) is 0 Å². The lowest BCUT2D eigenvalue weighted by atomic mass is 10.1. The second kappa shape index (κ2) is 9.91. The molecular weight excluding hydrogens is 348 g/mol. The molecule has 0 unspecified atom stereocenters. The van der Waals surface area contributed by atoms with Gasteiger partial charge in [0.2, 0.25) is 11.8 Å². The van der Waals surface area contributed by atoms with Crippen molar-refractivity contribution in [2.45, 2.75) is 38.4 Å². The highest BCUT2D eigenvalue weighted by atomic mass is 32.2. The quantitative estimate of drug-likeness (QED) is 0.550. The van der Waals surface area contributed by atoms with Gasteiger partial charge in [0.05, 0.1) is 11.4 Å². The van der Waals surface area contributed by atoms with E-state index in [1.807, 2.05) is 50.2 Å². The van der Waals surface area contributed by atoms with Gasteiger partial charge in [-0.3, -0.25) is 9.59 Å². The van der Waals surface area contributed by atoms with Crippen LogP contribution in [0.1, 0.15) is 26.0 Å². The Morgan fingerprint density at radius 2 is 1.92 bits per heavy atom. The molecule has 1 heterocycles. The van der Waals surface area contributed by atoms with Crippen molar-refractivity contribution in [1.82, 2.24) is 20.6 Å². The number of hydrogen-bond acceptors (Lipinski definition) is 5. The number of carbonyl (C=O) groups is 2. The molecule has 1 atom stereocenters. The number of aromatic nitrogens is 2. The molecule has 0 saturated heterocycles. The molecular formula is C19H24N4O2S. The van der Waals surface area contributed by atoms with E-state index in [0.717, 1.165) is 23.4 Å². The van der Waals surface area contributed by atoms with Crippen molar-refractivity contribution in [2.75, 3.05) is 12.3 Å². The Morgan fingerprint density at radius 3 is 2.62 bits per heavy atom. The molecule has 0 bridgehead atoms. The van der Waals surface area contributed by atoms with Gasteiger partial charge >= 0.3 is 0 Å². The highest BCUT2D eigenvalue weighted by Crippen LogP contribution is 2.21. The molecule has 2 aromatic rings. The zero-order valence-electron chi connectivity index (χ0n) is 15.3. The smallest absolute Gasteiger partial charge is 0.242 e. The van der Waals surface area contributed by atoms with E-state index in [4.69, 9.17) is 0 Å². The second-order valence-electron chi connectivity index (χ2n) is 5.91. The number of amides is 2. The lowest BCUT2D eigenvalue weighted by Crippen LogP contribution is -2.45. The predicted octanol–water partition coefficient (Wildman–Crippen LogP) is 2.58. The highest BCUT2D eigenvalue weighted by Gasteiger charge is 2.15. The van der Waals surface area contributed by atoms with E-state index in [9.17, 15) is 9.59 Å². The normalized spacial score (nSPS) is 11.7. The van der Waals surface area contributed by atoms with E-state index < -0.39 is 6.04 Å². The highest BCUT2D eigenvalue weighted by molar-refractivity contribution is 7.99. The van der Waals surface area contributed by atoms with Crippen LogP contribution >= 0.6 is 11.8 Å². The predicted molar refractivity (Wildman–Crippen MR) is 104 cm³/mol. The van der Waals surface area contributed by atoms with Gasteiger partial charge in [0.1, 0.15) is 6.04 Å². The molecule has 2 N–H and O–H groups in total. The van der Waals surface area contributed by atoms with E-state index in [2.05, 4.69) is 20.6 Å². The maximum atomic E-state index is 12.1. The van der Waals surface area contributed by atoms with Crippen molar-refractivity contribution < 1.29 is 9.59 Å². The minimum atomic E-state index is -0.562. The summed E-state index contributed by atoms with van der Waals surface area (Å²) in [5.74, 6) is -0.243. The summed E-state index contributed by atoms with van der Waals surface area (Å²) in [5, 5.41) is 6.00. The molecule has 0 spiro atoms. The number of benzene rings is 1. The number of aryl methyl sites for hydroxylation is 1. The summed E-state index contributed by atoms with van der Waals surface area (Å²) in [7, 11) is 0. The van der Waals surface area contributed by atoms with E-state index in [1.165, 1.54) is 11.8 Å². The average molecular weight is 372 g/mol. The summed E-state index contributed by atoms with van der Waals surface area (Å²) in [5.41, 5.74) is 2.67. The van der Waals surface area contributed by atoms with Crippen molar-refractivity contribution in [3.8, 4) is 11.3 Å². The lowest BCUT2D eigenvalue weighted by Gasteiger charge is -2.13. The third-order valence-electron chi connectivity index (χ3n) is 3.56. The zero-order valence-corrected chi connectivity index (χ0v) is 16.1. The monoisotopic (exact) mass is 372 g/mol. The van der Waals surface area contributed by atoms with Gasteiger partial charge in [0, 0.05) is 17.8 Å². The molecule has 0 fully saturated rings. The van der Waals surface area contributed by atoms with Crippen LogP contribution in [0, 0.1) is 6.92 Å². The maximum absolute atomic E-state index is 12.1. The Hall–Kier alpha value is -2.41. The van der Waals surface area contributed by atoms with Crippen molar-refractivity contribution in [3.05, 3.63) is 42.1 Å². The van der Waals surface area contributed by atoms with Gasteiger partial charge in [0.15, 0.2) is 5.16 Å². The summed E-state index contributed by atoms with van der Waals surface area (Å²) in [6.45, 7) is 6.15. The van der Waals surface area contributed by atoms with Gasteiger partial charge in [-0.05, 0) is 26.3 Å². The van der Waals surface area contributed by atoms with Crippen molar-refractivity contribution in [3.63, 3.8) is 0 Å². The van der Waals surface area contributed by atoms with Gasteiger partial charge in [-0.15, -0.1) is 0 Å². The molecule has 2 amide bonds. The molecule has 0 aliphatic heterocycles. The number of hydrogen-bond donors (Lipinski definition) is 2. The minimum Gasteiger partial charge on any atom is -0.354 e. The Bertz CT molecular complexity index is 752. The van der Waals surface area contributed by atoms with Crippen LogP contribution < -0.4 is 10.6 Å². The molecule has 1 aromatic carbocycles. The molecule has 1 aromatic heterocycles. The van der Waals surface area contributed by atoms with Crippen molar-refractivity contribution in [1.29, 1.82) is 0 Å². The van der Waals surface area contributed by atoms with Crippen LogP contribution in [0.15, 0.2) is 41.6 Å². The number of rotatable bonds is 8. The topological polar surface area (TPSA) is 84.0 Å². The summed E-state index contributed by atoms with van der Waals surface area (Å²) >= 11 is 1.26. The second-order valence-corrected chi connectivity index (χ2v) is 6.85. The molecule has 26 heavy (non-hydrogen) atoms. The Kier molecular flexibility index (Phi) is 7.59. The number of nitrogens with one attached hydrogen (secondary N) is 2. The van der Waals surface area contributed by atoms with Crippen LogP contribution in [0.3, 0.4) is 0 Å². The summed E-state index contributed by atoms with van der Waals surface area (Å²) in [6.07, 6.45) is 0.858. The van der Waals surface area contributed by atoms with E-state index >= 15 is 0 Å². The van der Waals surface area contributed by atoms with Crippen LogP contribution in [-0.2, 0) is 9.59 Å². The van der Waals surface area contributed by atoms with Crippen molar-refractivity contribution in [2.24, 2.45) is 0 Å². The Labute approximate surface area is 158 Å². The molecule has 0 saturated carbocycles. The van der Waals surface area contributed by atoms with Gasteiger partial charge in [-0.1, -0.05) is 49.0 Å². The Balaban J connectivity index is 1.94. The third kappa shape index (κ3) is 6.15. The van der Waals surface area contributed by atoms with E-state index in [1.54, 1.807) is 6.92 Å². The third-order valence-corrected chi connectivity index (χ3v) is 4.40. The first-order valence-electron chi connectivity index (χ1n) is 8.60.